The monoisotopic (exact) mass is 237 g/mol. The number of ether oxygens (including phenoxy) is 3. The lowest BCUT2D eigenvalue weighted by Gasteiger charge is -2.30. The van der Waals surface area contributed by atoms with Crippen molar-refractivity contribution in [1.82, 2.24) is 4.90 Å². The molecule has 0 spiro atoms. The third kappa shape index (κ3) is 1.54. The van der Waals surface area contributed by atoms with Crippen molar-refractivity contribution in [3.63, 3.8) is 0 Å². The van der Waals surface area contributed by atoms with Gasteiger partial charge < -0.3 is 19.3 Å². The van der Waals surface area contributed by atoms with E-state index in [0.29, 0.717) is 23.8 Å². The smallest absolute Gasteiger partial charge is 0.231 e. The molecule has 1 aromatic carbocycles. The Balaban J connectivity index is 2.19. The maximum absolute atomic E-state index is 10.1. The highest BCUT2D eigenvalue weighted by molar-refractivity contribution is 5.61. The van der Waals surface area contributed by atoms with Gasteiger partial charge in [0.05, 0.1) is 13.2 Å². The van der Waals surface area contributed by atoms with E-state index in [2.05, 4.69) is 4.90 Å². The Morgan fingerprint density at radius 3 is 3.06 bits per heavy atom. The van der Waals surface area contributed by atoms with E-state index < -0.39 is 6.10 Å². The van der Waals surface area contributed by atoms with Crippen LogP contribution in [0.4, 0.5) is 0 Å². The number of methoxy groups -OCH3 is 1. The standard InChI is InChI=1S/C12H15NO4/c1-13-4-8-7(9(14)5-13)3-10-12(11(8)15-2)17-6-16-10/h3,9,14H,4-6H2,1-2H3. The fourth-order valence-electron chi connectivity index (χ4n) is 2.47. The average molecular weight is 237 g/mol. The summed E-state index contributed by atoms with van der Waals surface area (Å²) < 4.78 is 16.2. The number of likely N-dealkylation sites (N-methyl/N-ethyl adjacent to an activating group) is 1. The van der Waals surface area contributed by atoms with Gasteiger partial charge in [-0.05, 0) is 18.7 Å². The summed E-state index contributed by atoms with van der Waals surface area (Å²) in [5.41, 5.74) is 1.86. The molecule has 5 heteroatoms. The molecule has 0 fully saturated rings. The third-order valence-electron chi connectivity index (χ3n) is 3.23. The molecule has 0 radical (unpaired) electrons. The minimum absolute atomic E-state index is 0.209. The van der Waals surface area contributed by atoms with Gasteiger partial charge in [0.25, 0.3) is 0 Å². The van der Waals surface area contributed by atoms with Gasteiger partial charge in [-0.3, -0.25) is 4.90 Å². The molecule has 1 atom stereocenters. The summed E-state index contributed by atoms with van der Waals surface area (Å²) in [6.07, 6.45) is -0.507. The first-order chi connectivity index (χ1) is 8.20. The van der Waals surface area contributed by atoms with Crippen molar-refractivity contribution in [2.24, 2.45) is 0 Å². The number of nitrogens with zero attached hydrogens (tertiary/aromatic N) is 1. The molecule has 0 saturated carbocycles. The van der Waals surface area contributed by atoms with Crippen LogP contribution in [0.25, 0.3) is 0 Å². The molecule has 2 heterocycles. The molecular weight excluding hydrogens is 222 g/mol. The van der Waals surface area contributed by atoms with Crippen LogP contribution in [-0.4, -0.2) is 37.5 Å². The van der Waals surface area contributed by atoms with Crippen LogP contribution in [0.5, 0.6) is 17.2 Å². The summed E-state index contributed by atoms with van der Waals surface area (Å²) in [6, 6.07) is 1.86. The average Bonchev–Trinajstić information content (AvgIpc) is 2.74. The number of β-amino-alcohol motifs (C(OH)–C–C–N with tert-alkyl or cyclic N) is 1. The van der Waals surface area contributed by atoms with Crippen molar-refractivity contribution >= 4 is 0 Å². The summed E-state index contributed by atoms with van der Waals surface area (Å²) in [7, 11) is 3.58. The molecule has 0 saturated heterocycles. The van der Waals surface area contributed by atoms with Crippen molar-refractivity contribution < 1.29 is 19.3 Å². The van der Waals surface area contributed by atoms with Gasteiger partial charge in [0.15, 0.2) is 11.5 Å². The van der Waals surface area contributed by atoms with Gasteiger partial charge in [-0.2, -0.15) is 0 Å². The molecule has 0 amide bonds. The summed E-state index contributed by atoms with van der Waals surface area (Å²) >= 11 is 0. The maximum atomic E-state index is 10.1. The van der Waals surface area contributed by atoms with Gasteiger partial charge in [0, 0.05) is 18.7 Å². The minimum Gasteiger partial charge on any atom is -0.492 e. The van der Waals surface area contributed by atoms with Crippen LogP contribution in [0.3, 0.4) is 0 Å². The van der Waals surface area contributed by atoms with Crippen LogP contribution in [0.1, 0.15) is 17.2 Å². The van der Waals surface area contributed by atoms with Crippen LogP contribution in [0.15, 0.2) is 6.07 Å². The number of rotatable bonds is 1. The highest BCUT2D eigenvalue weighted by Gasteiger charge is 2.31. The van der Waals surface area contributed by atoms with Crippen LogP contribution >= 0.6 is 0 Å². The summed E-state index contributed by atoms with van der Waals surface area (Å²) in [4.78, 5) is 2.05. The van der Waals surface area contributed by atoms with E-state index in [1.165, 1.54) is 0 Å². The van der Waals surface area contributed by atoms with Gasteiger partial charge >= 0.3 is 0 Å². The van der Waals surface area contributed by atoms with Crippen molar-refractivity contribution in [3.8, 4) is 17.2 Å². The molecule has 0 aromatic heterocycles. The molecule has 1 N–H and O–H groups in total. The van der Waals surface area contributed by atoms with Gasteiger partial charge in [-0.1, -0.05) is 0 Å². The molecule has 3 rings (SSSR count). The molecule has 0 aliphatic carbocycles. The maximum Gasteiger partial charge on any atom is 0.231 e. The molecule has 1 aromatic rings. The zero-order chi connectivity index (χ0) is 12.0. The predicted octanol–water partition coefficient (Wildman–Crippen LogP) is 0.903. The largest absolute Gasteiger partial charge is 0.492 e. The van der Waals surface area contributed by atoms with Crippen LogP contribution in [-0.2, 0) is 6.54 Å². The zero-order valence-corrected chi connectivity index (χ0v) is 9.90. The highest BCUT2D eigenvalue weighted by atomic mass is 16.7. The number of aliphatic hydroxyl groups excluding tert-OH is 1. The Hall–Kier alpha value is -1.46. The lowest BCUT2D eigenvalue weighted by molar-refractivity contribution is 0.106. The Bertz CT molecular complexity index is 460. The Kier molecular flexibility index (Phi) is 2.38. The SMILES string of the molecule is COc1c2c(cc3c1OCO3)C(O)CN(C)C2. The fraction of sp³-hybridized carbons (Fsp3) is 0.500. The van der Waals surface area contributed by atoms with E-state index in [4.69, 9.17) is 14.2 Å². The molecule has 17 heavy (non-hydrogen) atoms. The van der Waals surface area contributed by atoms with Gasteiger partial charge in [-0.25, -0.2) is 0 Å². The Morgan fingerprint density at radius 2 is 2.29 bits per heavy atom. The number of benzene rings is 1. The first kappa shape index (κ1) is 10.7. The van der Waals surface area contributed by atoms with Crippen molar-refractivity contribution in [2.75, 3.05) is 27.5 Å². The Labute approximate surface area is 99.5 Å². The van der Waals surface area contributed by atoms with Gasteiger partial charge in [0.2, 0.25) is 12.5 Å². The molecule has 92 valence electrons. The quantitative estimate of drug-likeness (QED) is 0.786. The van der Waals surface area contributed by atoms with Gasteiger partial charge in [0.1, 0.15) is 0 Å². The van der Waals surface area contributed by atoms with Crippen LogP contribution in [0.2, 0.25) is 0 Å². The number of hydrogen-bond donors (Lipinski definition) is 1. The molecule has 5 nitrogen and oxygen atoms in total. The van der Waals surface area contributed by atoms with Crippen molar-refractivity contribution in [3.05, 3.63) is 17.2 Å². The first-order valence-corrected chi connectivity index (χ1v) is 5.56. The fourth-order valence-corrected chi connectivity index (χ4v) is 2.47. The van der Waals surface area contributed by atoms with Crippen LogP contribution in [0, 0.1) is 0 Å². The van der Waals surface area contributed by atoms with Crippen molar-refractivity contribution in [1.29, 1.82) is 0 Å². The van der Waals surface area contributed by atoms with E-state index in [1.807, 2.05) is 13.1 Å². The number of hydrogen-bond acceptors (Lipinski definition) is 5. The van der Waals surface area contributed by atoms with E-state index >= 15 is 0 Å². The first-order valence-electron chi connectivity index (χ1n) is 5.56. The summed E-state index contributed by atoms with van der Waals surface area (Å²) in [5, 5.41) is 10.1. The molecule has 2 aliphatic heterocycles. The minimum atomic E-state index is -0.507. The topological polar surface area (TPSA) is 51.2 Å². The van der Waals surface area contributed by atoms with E-state index in [9.17, 15) is 5.11 Å². The van der Waals surface area contributed by atoms with Crippen LogP contribution < -0.4 is 14.2 Å². The highest BCUT2D eigenvalue weighted by Crippen LogP contribution is 2.47. The lowest BCUT2D eigenvalue weighted by Crippen LogP contribution is -2.30. The molecule has 1 unspecified atom stereocenters. The molecule has 0 bridgehead atoms. The normalized spacial score (nSPS) is 22.4. The Morgan fingerprint density at radius 1 is 1.47 bits per heavy atom. The van der Waals surface area contributed by atoms with E-state index in [0.717, 1.165) is 17.7 Å². The van der Waals surface area contributed by atoms with E-state index in [1.54, 1.807) is 7.11 Å². The predicted molar refractivity (Wildman–Crippen MR) is 60.4 cm³/mol. The summed E-state index contributed by atoms with van der Waals surface area (Å²) in [5.74, 6) is 1.98. The second kappa shape index (κ2) is 3.78. The second-order valence-corrected chi connectivity index (χ2v) is 4.42. The summed E-state index contributed by atoms with van der Waals surface area (Å²) in [6.45, 7) is 1.57. The lowest BCUT2D eigenvalue weighted by atomic mass is 9.96. The third-order valence-corrected chi connectivity index (χ3v) is 3.23. The molecule has 2 aliphatic rings. The second-order valence-electron chi connectivity index (χ2n) is 4.42. The van der Waals surface area contributed by atoms with Crippen molar-refractivity contribution in [2.45, 2.75) is 12.6 Å². The zero-order valence-electron chi connectivity index (χ0n) is 9.90. The number of aliphatic hydroxyl groups is 1. The van der Waals surface area contributed by atoms with Gasteiger partial charge in [-0.15, -0.1) is 0 Å². The van der Waals surface area contributed by atoms with E-state index in [-0.39, 0.29) is 6.79 Å². The molecular formula is C12H15NO4. The number of fused-ring (bicyclic) bond motifs is 2.